The zero-order valence-corrected chi connectivity index (χ0v) is 19.5. The molecule has 0 radical (unpaired) electrons. The van der Waals surface area contributed by atoms with Crippen LogP contribution in [0.15, 0.2) is 29.4 Å². The summed E-state index contributed by atoms with van der Waals surface area (Å²) in [5, 5.41) is 0. The van der Waals surface area contributed by atoms with Gasteiger partial charge in [0.2, 0.25) is 0 Å². The number of aromatic nitrogens is 4. The van der Waals surface area contributed by atoms with Crippen molar-refractivity contribution in [2.75, 3.05) is 5.75 Å². The van der Waals surface area contributed by atoms with Gasteiger partial charge in [-0.1, -0.05) is 32.5 Å². The molecule has 0 N–H and O–H groups in total. The van der Waals surface area contributed by atoms with E-state index in [1.54, 1.807) is 7.05 Å². The van der Waals surface area contributed by atoms with Gasteiger partial charge >= 0.3 is 6.18 Å². The Bertz CT molecular complexity index is 1330. The molecule has 3 rings (SSSR count). The van der Waals surface area contributed by atoms with Crippen molar-refractivity contribution in [1.82, 2.24) is 19.5 Å². The van der Waals surface area contributed by atoms with Crippen molar-refractivity contribution in [1.29, 1.82) is 0 Å². The normalized spacial score (nSPS) is 12.6. The molecule has 0 atom stereocenters. The molecule has 0 saturated heterocycles. The van der Waals surface area contributed by atoms with Crippen molar-refractivity contribution >= 4 is 28.9 Å². The Kier molecular flexibility index (Phi) is 5.75. The van der Waals surface area contributed by atoms with Gasteiger partial charge in [0, 0.05) is 18.8 Å². The maximum Gasteiger partial charge on any atom is 0.433 e. The molecule has 0 aromatic carbocycles. The second kappa shape index (κ2) is 7.76. The van der Waals surface area contributed by atoms with E-state index in [0.29, 0.717) is 11.1 Å². The van der Waals surface area contributed by atoms with E-state index >= 15 is 0 Å². The van der Waals surface area contributed by atoms with Crippen LogP contribution in [0.3, 0.4) is 0 Å². The van der Waals surface area contributed by atoms with Crippen LogP contribution in [0.2, 0.25) is 19.6 Å². The molecular weight excluding hydrogens is 445 g/mol. The fourth-order valence-electron chi connectivity index (χ4n) is 2.79. The first kappa shape index (κ1) is 23.0. The molecule has 0 spiro atoms. The highest BCUT2D eigenvalue weighted by Gasteiger charge is 2.33. The van der Waals surface area contributed by atoms with Gasteiger partial charge in [0.05, 0.1) is 27.9 Å². The largest absolute Gasteiger partial charge is 0.433 e. The van der Waals surface area contributed by atoms with E-state index in [4.69, 9.17) is 0 Å². The first-order valence-corrected chi connectivity index (χ1v) is 14.5. The highest BCUT2D eigenvalue weighted by Crippen LogP contribution is 2.32. The molecule has 6 nitrogen and oxygen atoms in total. The van der Waals surface area contributed by atoms with E-state index in [9.17, 15) is 21.6 Å². The Morgan fingerprint density at radius 2 is 1.81 bits per heavy atom. The molecule has 0 fully saturated rings. The number of rotatable bonds is 3. The Morgan fingerprint density at radius 1 is 1.13 bits per heavy atom. The van der Waals surface area contributed by atoms with Gasteiger partial charge in [-0.25, -0.2) is 18.4 Å². The van der Waals surface area contributed by atoms with Gasteiger partial charge < -0.3 is 4.57 Å². The summed E-state index contributed by atoms with van der Waals surface area (Å²) < 4.78 is 66.1. The van der Waals surface area contributed by atoms with Crippen LogP contribution in [0, 0.1) is 11.5 Å². The zero-order chi connectivity index (χ0) is 23.2. The van der Waals surface area contributed by atoms with Crippen molar-refractivity contribution in [3.8, 4) is 23.0 Å². The third-order valence-electron chi connectivity index (χ3n) is 4.42. The van der Waals surface area contributed by atoms with Gasteiger partial charge in [0.15, 0.2) is 15.7 Å². The number of aryl methyl sites for hydroxylation is 1. The number of sulfone groups is 1. The SMILES string of the molecule is CCS(=O)(=O)c1cc(C#C[Si](C)(C)C)cnc1-c1nc2cc(C(F)(F)F)ncc2n1C. The molecular formula is C20H21F3N4O2SSi. The van der Waals surface area contributed by atoms with Gasteiger partial charge in [-0.15, -0.1) is 5.54 Å². The van der Waals surface area contributed by atoms with Gasteiger partial charge in [-0.05, 0) is 12.1 Å². The smallest absolute Gasteiger partial charge is 0.324 e. The molecule has 164 valence electrons. The summed E-state index contributed by atoms with van der Waals surface area (Å²) in [5.41, 5.74) is 2.98. The second-order valence-corrected chi connectivity index (χ2v) is 15.0. The lowest BCUT2D eigenvalue weighted by molar-refractivity contribution is -0.141. The average molecular weight is 467 g/mol. The fraction of sp³-hybridized carbons (Fsp3) is 0.350. The Balaban J connectivity index is 2.25. The standard InChI is InChI=1S/C20H21F3N4O2SSi/c1-6-30(28,29)16-9-13(7-8-31(3,4)5)11-25-18(16)19-26-14-10-17(20(21,22)23)24-12-15(14)27(19)2/h9-12H,6H2,1-5H3. The van der Waals surface area contributed by atoms with Crippen LogP contribution in [0.1, 0.15) is 18.2 Å². The number of hydrogen-bond donors (Lipinski definition) is 0. The first-order chi connectivity index (χ1) is 14.2. The summed E-state index contributed by atoms with van der Waals surface area (Å²) in [5.74, 6) is 2.95. The highest BCUT2D eigenvalue weighted by molar-refractivity contribution is 7.91. The van der Waals surface area contributed by atoms with Gasteiger partial charge in [0.25, 0.3) is 0 Å². The molecule has 0 amide bonds. The van der Waals surface area contributed by atoms with Crippen molar-refractivity contribution in [3.63, 3.8) is 0 Å². The van der Waals surface area contributed by atoms with E-state index < -0.39 is 29.8 Å². The number of pyridine rings is 2. The molecule has 0 saturated carbocycles. The van der Waals surface area contributed by atoms with Crippen LogP contribution in [0.5, 0.6) is 0 Å². The van der Waals surface area contributed by atoms with Gasteiger partial charge in [0.1, 0.15) is 19.5 Å². The van der Waals surface area contributed by atoms with Crippen LogP contribution < -0.4 is 0 Å². The van der Waals surface area contributed by atoms with Crippen LogP contribution in [-0.4, -0.2) is 41.8 Å². The summed E-state index contributed by atoms with van der Waals surface area (Å²) >= 11 is 0. The Morgan fingerprint density at radius 3 is 2.39 bits per heavy atom. The third-order valence-corrected chi connectivity index (χ3v) is 7.04. The zero-order valence-electron chi connectivity index (χ0n) is 17.7. The van der Waals surface area contributed by atoms with Crippen molar-refractivity contribution < 1.29 is 21.6 Å². The number of alkyl halides is 3. The van der Waals surface area contributed by atoms with E-state index in [1.807, 2.05) is 0 Å². The second-order valence-electron chi connectivity index (χ2n) is 8.02. The first-order valence-electron chi connectivity index (χ1n) is 9.39. The van der Waals surface area contributed by atoms with Gasteiger partial charge in [-0.2, -0.15) is 13.2 Å². The minimum absolute atomic E-state index is 0.0454. The number of fused-ring (bicyclic) bond motifs is 1. The highest BCUT2D eigenvalue weighted by atomic mass is 32.2. The monoisotopic (exact) mass is 466 g/mol. The Hall–Kier alpha value is -2.71. The van der Waals surface area contributed by atoms with Crippen molar-refractivity contribution in [3.05, 3.63) is 35.8 Å². The lowest BCUT2D eigenvalue weighted by atomic mass is 10.2. The molecule has 0 aliphatic heterocycles. The summed E-state index contributed by atoms with van der Waals surface area (Å²) in [7, 11) is -3.83. The lowest BCUT2D eigenvalue weighted by Crippen LogP contribution is -2.16. The number of nitrogens with zero attached hydrogens (tertiary/aromatic N) is 4. The van der Waals surface area contributed by atoms with E-state index in [2.05, 4.69) is 46.1 Å². The summed E-state index contributed by atoms with van der Waals surface area (Å²) in [6.07, 6.45) is -2.09. The maximum atomic E-state index is 13.0. The van der Waals surface area contributed by atoms with E-state index in [-0.39, 0.29) is 27.7 Å². The average Bonchev–Trinajstić information content (AvgIpc) is 3.01. The number of imidazole rings is 1. The van der Waals surface area contributed by atoms with E-state index in [1.165, 1.54) is 23.8 Å². The van der Waals surface area contributed by atoms with E-state index in [0.717, 1.165) is 12.3 Å². The molecule has 0 unspecified atom stereocenters. The fourth-order valence-corrected chi connectivity index (χ4v) is 4.36. The molecule has 0 aliphatic rings. The minimum atomic E-state index is -4.61. The molecule has 3 aromatic rings. The molecule has 3 heterocycles. The van der Waals surface area contributed by atoms with Crippen LogP contribution in [0.4, 0.5) is 13.2 Å². The molecule has 31 heavy (non-hydrogen) atoms. The molecule has 3 aromatic heterocycles. The Labute approximate surface area is 179 Å². The van der Waals surface area contributed by atoms with Crippen molar-refractivity contribution in [2.45, 2.75) is 37.6 Å². The molecule has 11 heteroatoms. The minimum Gasteiger partial charge on any atom is -0.324 e. The lowest BCUT2D eigenvalue weighted by Gasteiger charge is -2.10. The number of halogens is 3. The molecule has 0 aliphatic carbocycles. The van der Waals surface area contributed by atoms with Crippen LogP contribution in [0.25, 0.3) is 22.6 Å². The summed E-state index contributed by atoms with van der Waals surface area (Å²) in [6.45, 7) is 7.70. The predicted molar refractivity (Wildman–Crippen MR) is 115 cm³/mol. The van der Waals surface area contributed by atoms with Crippen molar-refractivity contribution in [2.24, 2.45) is 7.05 Å². The number of hydrogen-bond acceptors (Lipinski definition) is 5. The molecule has 0 bridgehead atoms. The topological polar surface area (TPSA) is 77.7 Å². The summed E-state index contributed by atoms with van der Waals surface area (Å²) in [6, 6.07) is 2.29. The van der Waals surface area contributed by atoms with Gasteiger partial charge in [-0.3, -0.25) is 4.98 Å². The van der Waals surface area contributed by atoms with Crippen LogP contribution in [-0.2, 0) is 23.1 Å². The predicted octanol–water partition coefficient (Wildman–Crippen LogP) is 4.07. The quantitative estimate of drug-likeness (QED) is 0.430. The maximum absolute atomic E-state index is 13.0. The summed E-state index contributed by atoms with van der Waals surface area (Å²) in [4.78, 5) is 11.9. The van der Waals surface area contributed by atoms with Crippen LogP contribution >= 0.6 is 0 Å². The third kappa shape index (κ3) is 4.80.